The van der Waals surface area contributed by atoms with E-state index >= 15 is 0 Å². The van der Waals surface area contributed by atoms with E-state index in [1.165, 1.54) is 17.7 Å². The van der Waals surface area contributed by atoms with E-state index in [0.717, 1.165) is 42.6 Å². The molecule has 1 aromatic carbocycles. The summed E-state index contributed by atoms with van der Waals surface area (Å²) in [7, 11) is 0. The molecule has 1 aromatic heterocycles. The molecule has 1 saturated carbocycles. The van der Waals surface area contributed by atoms with Crippen molar-refractivity contribution in [2.24, 2.45) is 5.41 Å². The first-order valence-corrected chi connectivity index (χ1v) is 8.23. The van der Waals surface area contributed by atoms with E-state index in [4.69, 9.17) is 0 Å². The molecule has 0 unspecified atom stereocenters. The molecule has 0 bridgehead atoms. The molecule has 4 rings (SSSR count). The number of benzene rings is 1. The van der Waals surface area contributed by atoms with E-state index in [-0.39, 0.29) is 11.2 Å². The van der Waals surface area contributed by atoms with Crippen LogP contribution in [0.15, 0.2) is 36.0 Å². The highest BCUT2D eigenvalue weighted by Gasteiger charge is 2.54. The number of nitrogens with zero attached hydrogens (tertiary/aromatic N) is 2. The average Bonchev–Trinajstić information content (AvgIpc) is 3.05. The van der Waals surface area contributed by atoms with E-state index < -0.39 is 5.60 Å². The van der Waals surface area contributed by atoms with Crippen molar-refractivity contribution in [2.75, 3.05) is 0 Å². The summed E-state index contributed by atoms with van der Waals surface area (Å²) < 4.78 is 15.0. The second-order valence-electron chi connectivity index (χ2n) is 7.01. The first-order chi connectivity index (χ1) is 11.0. The quantitative estimate of drug-likeness (QED) is 0.913. The average molecular weight is 312 g/mol. The Hall–Kier alpha value is -1.94. The fraction of sp³-hybridized carbons (Fsp3) is 0.421. The molecule has 2 aliphatic carbocycles. The van der Waals surface area contributed by atoms with Crippen LogP contribution in [0, 0.1) is 11.2 Å². The number of aromatic nitrogens is 2. The smallest absolute Gasteiger partial charge is 0.123 e. The number of aliphatic hydroxyl groups is 1. The van der Waals surface area contributed by atoms with E-state index in [9.17, 15) is 9.50 Å². The van der Waals surface area contributed by atoms with Crippen molar-refractivity contribution >= 4 is 6.08 Å². The van der Waals surface area contributed by atoms with Crippen molar-refractivity contribution in [2.45, 2.75) is 45.1 Å². The second-order valence-corrected chi connectivity index (χ2v) is 7.01. The number of halogens is 1. The minimum absolute atomic E-state index is 0.203. The first kappa shape index (κ1) is 14.6. The van der Waals surface area contributed by atoms with Crippen molar-refractivity contribution in [1.82, 2.24) is 9.78 Å². The zero-order valence-electron chi connectivity index (χ0n) is 13.5. The van der Waals surface area contributed by atoms with Gasteiger partial charge in [0.05, 0.1) is 23.2 Å². The van der Waals surface area contributed by atoms with Crippen LogP contribution in [0.2, 0.25) is 0 Å². The molecule has 1 heterocycles. The Labute approximate surface area is 135 Å². The SMILES string of the molecule is CC[C@]1(O)CCC2=Cc3c(cnn3-c3ccc(F)cc3)C[C@@]21C. The van der Waals surface area contributed by atoms with Crippen LogP contribution in [0.3, 0.4) is 0 Å². The van der Waals surface area contributed by atoms with Crippen LogP contribution in [-0.4, -0.2) is 20.5 Å². The first-order valence-electron chi connectivity index (χ1n) is 8.23. The summed E-state index contributed by atoms with van der Waals surface area (Å²) >= 11 is 0. The monoisotopic (exact) mass is 312 g/mol. The molecule has 1 N–H and O–H groups in total. The zero-order chi connectivity index (χ0) is 16.2. The number of hydrogen-bond acceptors (Lipinski definition) is 2. The Bertz CT molecular complexity index is 792. The second kappa shape index (κ2) is 4.78. The van der Waals surface area contributed by atoms with Gasteiger partial charge in [-0.25, -0.2) is 9.07 Å². The lowest BCUT2D eigenvalue weighted by Crippen LogP contribution is -2.44. The van der Waals surface area contributed by atoms with Gasteiger partial charge in [0.2, 0.25) is 0 Å². The lowest BCUT2D eigenvalue weighted by Gasteiger charge is -2.42. The normalized spacial score (nSPS) is 29.1. The fourth-order valence-electron chi connectivity index (χ4n) is 4.28. The van der Waals surface area contributed by atoms with Gasteiger partial charge in [-0.15, -0.1) is 0 Å². The van der Waals surface area contributed by atoms with Gasteiger partial charge in [0.25, 0.3) is 0 Å². The van der Waals surface area contributed by atoms with Crippen LogP contribution < -0.4 is 0 Å². The van der Waals surface area contributed by atoms with Gasteiger partial charge < -0.3 is 5.11 Å². The topological polar surface area (TPSA) is 38.1 Å². The Morgan fingerprint density at radius 1 is 1.30 bits per heavy atom. The van der Waals surface area contributed by atoms with Gasteiger partial charge in [0.15, 0.2) is 0 Å². The van der Waals surface area contributed by atoms with Crippen molar-refractivity contribution in [3.63, 3.8) is 0 Å². The van der Waals surface area contributed by atoms with Crippen LogP contribution in [0.1, 0.15) is 44.4 Å². The lowest BCUT2D eigenvalue weighted by atomic mass is 9.66. The molecule has 3 nitrogen and oxygen atoms in total. The molecule has 2 aromatic rings. The minimum Gasteiger partial charge on any atom is -0.389 e. The highest BCUT2D eigenvalue weighted by atomic mass is 19.1. The highest BCUT2D eigenvalue weighted by molar-refractivity contribution is 5.62. The molecule has 0 saturated heterocycles. The summed E-state index contributed by atoms with van der Waals surface area (Å²) in [5.74, 6) is -0.246. The molecular formula is C19H21FN2O. The van der Waals surface area contributed by atoms with Crippen molar-refractivity contribution in [3.05, 3.63) is 53.1 Å². The van der Waals surface area contributed by atoms with Crippen LogP contribution in [0.5, 0.6) is 0 Å². The zero-order valence-corrected chi connectivity index (χ0v) is 13.5. The summed E-state index contributed by atoms with van der Waals surface area (Å²) in [6, 6.07) is 6.39. The van der Waals surface area contributed by atoms with Gasteiger partial charge in [-0.05, 0) is 61.6 Å². The molecular weight excluding hydrogens is 291 g/mol. The minimum atomic E-state index is -0.630. The van der Waals surface area contributed by atoms with Crippen LogP contribution in [0.4, 0.5) is 4.39 Å². The summed E-state index contributed by atoms with van der Waals surface area (Å²) in [5.41, 5.74) is 3.54. The predicted molar refractivity (Wildman–Crippen MR) is 87.8 cm³/mol. The Balaban J connectivity index is 1.81. The molecule has 0 aliphatic heterocycles. The molecule has 4 heteroatoms. The maximum Gasteiger partial charge on any atom is 0.123 e. The van der Waals surface area contributed by atoms with Gasteiger partial charge in [-0.3, -0.25) is 0 Å². The van der Waals surface area contributed by atoms with Crippen molar-refractivity contribution < 1.29 is 9.50 Å². The summed E-state index contributed by atoms with van der Waals surface area (Å²) in [5, 5.41) is 15.5. The van der Waals surface area contributed by atoms with Crippen molar-refractivity contribution in [1.29, 1.82) is 0 Å². The number of fused-ring (bicyclic) bond motifs is 2. The largest absolute Gasteiger partial charge is 0.389 e. The van der Waals surface area contributed by atoms with Gasteiger partial charge in [0.1, 0.15) is 5.82 Å². The molecule has 0 spiro atoms. The molecule has 23 heavy (non-hydrogen) atoms. The van der Waals surface area contributed by atoms with E-state index in [0.29, 0.717) is 0 Å². The van der Waals surface area contributed by atoms with Gasteiger partial charge in [0, 0.05) is 5.41 Å². The predicted octanol–water partition coefficient (Wildman–Crippen LogP) is 3.89. The Morgan fingerprint density at radius 2 is 2.04 bits per heavy atom. The van der Waals surface area contributed by atoms with Gasteiger partial charge >= 0.3 is 0 Å². The number of hydrogen-bond donors (Lipinski definition) is 1. The Kier molecular flexibility index (Phi) is 3.04. The van der Waals surface area contributed by atoms with Crippen LogP contribution >= 0.6 is 0 Å². The molecule has 2 atom stereocenters. The van der Waals surface area contributed by atoms with Gasteiger partial charge in [-0.1, -0.05) is 19.4 Å². The molecule has 2 aliphatic rings. The number of rotatable bonds is 2. The maximum atomic E-state index is 13.1. The summed E-state index contributed by atoms with van der Waals surface area (Å²) in [6.07, 6.45) is 7.38. The maximum absolute atomic E-state index is 13.1. The lowest BCUT2D eigenvalue weighted by molar-refractivity contribution is -0.0424. The molecule has 120 valence electrons. The third-order valence-electron chi connectivity index (χ3n) is 5.94. The van der Waals surface area contributed by atoms with E-state index in [2.05, 4.69) is 25.0 Å². The molecule has 1 fully saturated rings. The van der Waals surface area contributed by atoms with Crippen LogP contribution in [-0.2, 0) is 6.42 Å². The summed E-state index contributed by atoms with van der Waals surface area (Å²) in [6.45, 7) is 4.24. The van der Waals surface area contributed by atoms with Crippen LogP contribution in [0.25, 0.3) is 11.8 Å². The third kappa shape index (κ3) is 1.94. The third-order valence-corrected chi connectivity index (χ3v) is 5.94. The fourth-order valence-corrected chi connectivity index (χ4v) is 4.28. The van der Waals surface area contributed by atoms with E-state index in [1.807, 2.05) is 10.9 Å². The van der Waals surface area contributed by atoms with Crippen molar-refractivity contribution in [3.8, 4) is 5.69 Å². The highest BCUT2D eigenvalue weighted by Crippen LogP contribution is 2.56. The standard InChI is InChI=1S/C19H21FN2O/c1-3-19(23)9-8-14-10-17-13(11-18(14,19)2)12-21-22(17)16-6-4-15(20)5-7-16/h4-7,10,12,23H,3,8-9,11H2,1-2H3/t18-,19-/m0/s1. The Morgan fingerprint density at radius 3 is 2.74 bits per heavy atom. The van der Waals surface area contributed by atoms with Gasteiger partial charge in [-0.2, -0.15) is 5.10 Å². The van der Waals surface area contributed by atoms with E-state index in [1.54, 1.807) is 12.1 Å². The molecule has 0 radical (unpaired) electrons. The summed E-state index contributed by atoms with van der Waals surface area (Å²) in [4.78, 5) is 0. The molecule has 0 amide bonds.